The molecule has 3 heterocycles. The van der Waals surface area contributed by atoms with Crippen molar-refractivity contribution < 1.29 is 9.59 Å². The molecule has 3 N–H and O–H groups in total. The first-order valence-electron chi connectivity index (χ1n) is 11.0. The average molecular weight is 439 g/mol. The fourth-order valence-corrected chi connectivity index (χ4v) is 4.99. The Kier molecular flexibility index (Phi) is 6.73. The molecule has 1 saturated heterocycles. The Bertz CT molecular complexity index is 1050. The molecule has 0 saturated carbocycles. The third kappa shape index (κ3) is 5.17. The van der Waals surface area contributed by atoms with E-state index < -0.39 is 0 Å². The number of aromatic amines is 1. The van der Waals surface area contributed by atoms with Gasteiger partial charge in [0.25, 0.3) is 5.91 Å². The fourth-order valence-electron chi connectivity index (χ4n) is 4.22. The van der Waals surface area contributed by atoms with Crippen LogP contribution in [0.5, 0.6) is 0 Å². The molecule has 7 heteroatoms. The van der Waals surface area contributed by atoms with Crippen molar-refractivity contribution in [1.82, 2.24) is 20.5 Å². The highest BCUT2D eigenvalue weighted by molar-refractivity contribution is 7.13. The summed E-state index contributed by atoms with van der Waals surface area (Å²) in [7, 11) is 0. The number of nitrogens with one attached hydrogen (secondary N) is 3. The Morgan fingerprint density at radius 1 is 1.19 bits per heavy atom. The second kappa shape index (κ2) is 9.66. The standard InChI is InChI=1S/C24H30N4O2S/c1-16-7-8-22(31-16)24(30)27-19-10-13-28(14-11-19)17(2)23(29)25-12-9-18-15-26-21-6-4-3-5-20(18)21/h3-8,15,17,19,26H,9-14H2,1-2H3,(H,25,29)(H,27,30). The fraction of sp³-hybridized carbons (Fsp3) is 0.417. The number of hydrogen-bond donors (Lipinski definition) is 3. The molecular formula is C24H30N4O2S. The van der Waals surface area contributed by atoms with Crippen molar-refractivity contribution in [3.63, 3.8) is 0 Å². The molecule has 6 nitrogen and oxygen atoms in total. The molecule has 164 valence electrons. The van der Waals surface area contributed by atoms with E-state index in [2.05, 4.69) is 32.7 Å². The Balaban J connectivity index is 1.20. The summed E-state index contributed by atoms with van der Waals surface area (Å²) in [6, 6.07) is 12.1. The highest BCUT2D eigenvalue weighted by atomic mass is 32.1. The van der Waals surface area contributed by atoms with Gasteiger partial charge < -0.3 is 15.6 Å². The Morgan fingerprint density at radius 2 is 1.97 bits per heavy atom. The molecule has 1 unspecified atom stereocenters. The minimum atomic E-state index is -0.167. The van der Waals surface area contributed by atoms with Crippen LogP contribution in [0.1, 0.15) is 39.9 Å². The van der Waals surface area contributed by atoms with Crippen molar-refractivity contribution in [1.29, 1.82) is 0 Å². The third-order valence-electron chi connectivity index (χ3n) is 6.12. The van der Waals surface area contributed by atoms with Gasteiger partial charge in [0, 0.05) is 47.7 Å². The summed E-state index contributed by atoms with van der Waals surface area (Å²) in [5.41, 5.74) is 2.35. The maximum absolute atomic E-state index is 12.7. The zero-order valence-corrected chi connectivity index (χ0v) is 18.9. The molecule has 2 amide bonds. The van der Waals surface area contributed by atoms with Gasteiger partial charge in [-0.3, -0.25) is 14.5 Å². The number of aromatic nitrogens is 1. The summed E-state index contributed by atoms with van der Waals surface area (Å²) in [5.74, 6) is 0.0796. The summed E-state index contributed by atoms with van der Waals surface area (Å²) in [6.07, 6.45) is 4.56. The molecular weight excluding hydrogens is 408 g/mol. The molecule has 0 bridgehead atoms. The van der Waals surface area contributed by atoms with E-state index in [-0.39, 0.29) is 23.9 Å². The highest BCUT2D eigenvalue weighted by Gasteiger charge is 2.27. The van der Waals surface area contributed by atoms with E-state index in [0.29, 0.717) is 6.54 Å². The molecule has 2 aromatic heterocycles. The van der Waals surface area contributed by atoms with Gasteiger partial charge in [-0.1, -0.05) is 18.2 Å². The number of rotatable bonds is 7. The molecule has 3 aromatic rings. The van der Waals surface area contributed by atoms with Gasteiger partial charge in [0.1, 0.15) is 0 Å². The first kappa shape index (κ1) is 21.6. The smallest absolute Gasteiger partial charge is 0.261 e. The molecule has 1 atom stereocenters. The van der Waals surface area contributed by atoms with Gasteiger partial charge in [0.05, 0.1) is 10.9 Å². The molecule has 4 rings (SSSR count). The van der Waals surface area contributed by atoms with E-state index in [1.54, 1.807) is 0 Å². The van der Waals surface area contributed by atoms with Crippen LogP contribution in [0.3, 0.4) is 0 Å². The monoisotopic (exact) mass is 438 g/mol. The van der Waals surface area contributed by atoms with Gasteiger partial charge >= 0.3 is 0 Å². The molecule has 1 aromatic carbocycles. The van der Waals surface area contributed by atoms with Gasteiger partial charge in [-0.2, -0.15) is 0 Å². The maximum Gasteiger partial charge on any atom is 0.261 e. The van der Waals surface area contributed by atoms with Gasteiger partial charge in [-0.25, -0.2) is 0 Å². The molecule has 0 radical (unpaired) electrons. The average Bonchev–Trinajstić information content (AvgIpc) is 3.40. The number of likely N-dealkylation sites (tertiary alicyclic amines) is 1. The lowest BCUT2D eigenvalue weighted by atomic mass is 10.0. The van der Waals surface area contributed by atoms with Crippen LogP contribution in [0.15, 0.2) is 42.6 Å². The minimum Gasteiger partial charge on any atom is -0.361 e. The number of piperidine rings is 1. The number of fused-ring (bicyclic) bond motifs is 1. The van der Waals surface area contributed by atoms with E-state index in [9.17, 15) is 9.59 Å². The summed E-state index contributed by atoms with van der Waals surface area (Å²) in [4.78, 5) is 32.4. The number of aryl methyl sites for hydroxylation is 1. The van der Waals surface area contributed by atoms with Crippen LogP contribution < -0.4 is 10.6 Å². The summed E-state index contributed by atoms with van der Waals surface area (Å²) in [6.45, 7) is 6.22. The van der Waals surface area contributed by atoms with E-state index in [0.717, 1.165) is 47.6 Å². The molecule has 0 spiro atoms. The first-order valence-corrected chi connectivity index (χ1v) is 11.8. The Labute approximate surface area is 187 Å². The largest absolute Gasteiger partial charge is 0.361 e. The lowest BCUT2D eigenvalue weighted by Gasteiger charge is -2.35. The highest BCUT2D eigenvalue weighted by Crippen LogP contribution is 2.19. The van der Waals surface area contributed by atoms with E-state index in [1.165, 1.54) is 22.3 Å². The first-order chi connectivity index (χ1) is 15.0. The summed E-state index contributed by atoms with van der Waals surface area (Å²) < 4.78 is 0. The number of carbonyl (C=O) groups is 2. The van der Waals surface area contributed by atoms with Crippen LogP contribution in [-0.4, -0.2) is 53.4 Å². The molecule has 1 fully saturated rings. The zero-order valence-electron chi connectivity index (χ0n) is 18.1. The summed E-state index contributed by atoms with van der Waals surface area (Å²) in [5, 5.41) is 7.44. The number of para-hydroxylation sites is 1. The number of carbonyl (C=O) groups excluding carboxylic acids is 2. The molecule has 0 aliphatic carbocycles. The second-order valence-corrected chi connectivity index (χ2v) is 9.56. The van der Waals surface area contributed by atoms with Crippen molar-refractivity contribution in [2.45, 2.75) is 45.2 Å². The van der Waals surface area contributed by atoms with Crippen molar-refractivity contribution in [2.24, 2.45) is 0 Å². The Hall–Kier alpha value is -2.64. The molecule has 1 aliphatic heterocycles. The lowest BCUT2D eigenvalue weighted by molar-refractivity contribution is -0.126. The van der Waals surface area contributed by atoms with Crippen LogP contribution >= 0.6 is 11.3 Å². The number of nitrogens with zero attached hydrogens (tertiary/aromatic N) is 1. The van der Waals surface area contributed by atoms with E-state index >= 15 is 0 Å². The van der Waals surface area contributed by atoms with Crippen LogP contribution in [0.4, 0.5) is 0 Å². The summed E-state index contributed by atoms with van der Waals surface area (Å²) >= 11 is 1.52. The van der Waals surface area contributed by atoms with Crippen LogP contribution in [0.2, 0.25) is 0 Å². The third-order valence-corrected chi connectivity index (χ3v) is 7.12. The SMILES string of the molecule is Cc1ccc(C(=O)NC2CCN(C(C)C(=O)NCCc3c[nH]c4ccccc34)CC2)s1. The van der Waals surface area contributed by atoms with Gasteiger partial charge in [0.15, 0.2) is 0 Å². The molecule has 31 heavy (non-hydrogen) atoms. The van der Waals surface area contributed by atoms with Gasteiger partial charge in [0.2, 0.25) is 5.91 Å². The van der Waals surface area contributed by atoms with E-state index in [1.807, 2.05) is 44.3 Å². The predicted octanol–water partition coefficient (Wildman–Crippen LogP) is 3.48. The minimum absolute atomic E-state index is 0.0135. The van der Waals surface area contributed by atoms with Crippen LogP contribution in [0.25, 0.3) is 10.9 Å². The van der Waals surface area contributed by atoms with Crippen molar-refractivity contribution >= 4 is 34.1 Å². The van der Waals surface area contributed by atoms with Crippen molar-refractivity contribution in [3.05, 3.63) is 57.9 Å². The Morgan fingerprint density at radius 3 is 2.71 bits per heavy atom. The maximum atomic E-state index is 12.7. The van der Waals surface area contributed by atoms with Gasteiger partial charge in [-0.05, 0) is 56.9 Å². The van der Waals surface area contributed by atoms with Crippen LogP contribution in [0, 0.1) is 6.92 Å². The lowest BCUT2D eigenvalue weighted by Crippen LogP contribution is -2.51. The number of H-pyrrole nitrogens is 1. The quantitative estimate of drug-likeness (QED) is 0.529. The van der Waals surface area contributed by atoms with Crippen LogP contribution in [-0.2, 0) is 11.2 Å². The number of thiophene rings is 1. The van der Waals surface area contributed by atoms with Crippen molar-refractivity contribution in [3.8, 4) is 0 Å². The normalized spacial score (nSPS) is 16.3. The number of hydrogen-bond acceptors (Lipinski definition) is 4. The second-order valence-electron chi connectivity index (χ2n) is 8.27. The number of amides is 2. The van der Waals surface area contributed by atoms with Gasteiger partial charge in [-0.15, -0.1) is 11.3 Å². The van der Waals surface area contributed by atoms with E-state index in [4.69, 9.17) is 0 Å². The zero-order chi connectivity index (χ0) is 21.8. The van der Waals surface area contributed by atoms with Crippen molar-refractivity contribution in [2.75, 3.05) is 19.6 Å². The predicted molar refractivity (Wildman–Crippen MR) is 126 cm³/mol. The number of benzene rings is 1. The topological polar surface area (TPSA) is 77.2 Å². The molecule has 1 aliphatic rings.